The number of halogens is 1. The fourth-order valence-electron chi connectivity index (χ4n) is 1.49. The van der Waals surface area contributed by atoms with Crippen LogP contribution < -0.4 is 4.73 Å². The van der Waals surface area contributed by atoms with Crippen molar-refractivity contribution in [2.45, 2.75) is 13.3 Å². The number of aromatic nitrogens is 2. The molecule has 4 heteroatoms. The molecule has 0 fully saturated rings. The van der Waals surface area contributed by atoms with Gasteiger partial charge in [0, 0.05) is 5.56 Å². The van der Waals surface area contributed by atoms with E-state index in [2.05, 4.69) is 23.1 Å². The quantitative estimate of drug-likeness (QED) is 0.555. The van der Waals surface area contributed by atoms with E-state index in [1.807, 2.05) is 12.3 Å². The van der Waals surface area contributed by atoms with Gasteiger partial charge in [-0.25, -0.2) is 4.73 Å². The first-order valence-corrected chi connectivity index (χ1v) is 4.83. The largest absolute Gasteiger partial charge is 0.711 e. The Balaban J connectivity index is 2.87. The van der Waals surface area contributed by atoms with Gasteiger partial charge in [0.25, 0.3) is 0 Å². The maximum Gasteiger partial charge on any atom is 0.303 e. The Kier molecular flexibility index (Phi) is 2.00. The van der Waals surface area contributed by atoms with E-state index in [0.29, 0.717) is 5.65 Å². The van der Waals surface area contributed by atoms with E-state index in [9.17, 15) is 5.21 Å². The molecule has 3 nitrogen and oxygen atoms in total. The summed E-state index contributed by atoms with van der Waals surface area (Å²) in [5.41, 5.74) is 1.83. The average molecular weight is 241 g/mol. The third kappa shape index (κ3) is 1.21. The van der Waals surface area contributed by atoms with Gasteiger partial charge in [-0.2, -0.15) is 3.59 Å². The van der Waals surface area contributed by atoms with Crippen LogP contribution in [0.3, 0.4) is 0 Å². The lowest BCUT2D eigenvalue weighted by atomic mass is 10.2. The van der Waals surface area contributed by atoms with Crippen molar-refractivity contribution in [1.29, 1.82) is 0 Å². The van der Waals surface area contributed by atoms with Gasteiger partial charge in [-0.3, -0.25) is 0 Å². The molecule has 0 atom stereocenters. The second-order valence-corrected chi connectivity index (χ2v) is 3.65. The lowest BCUT2D eigenvalue weighted by molar-refractivity contribution is -0.579. The molecule has 2 aromatic heterocycles. The molecule has 2 heterocycles. The maximum atomic E-state index is 11.4. The molecule has 0 bridgehead atoms. The topological polar surface area (TPSA) is 31.9 Å². The zero-order valence-corrected chi connectivity index (χ0v) is 8.78. The van der Waals surface area contributed by atoms with Crippen LogP contribution in [-0.2, 0) is 6.42 Å². The summed E-state index contributed by atoms with van der Waals surface area (Å²) in [6, 6.07) is 3.72. The van der Waals surface area contributed by atoms with Crippen molar-refractivity contribution < 1.29 is 4.73 Å². The first-order chi connectivity index (χ1) is 6.24. The number of rotatable bonds is 1. The van der Waals surface area contributed by atoms with Gasteiger partial charge in [-0.1, -0.05) is 6.92 Å². The Morgan fingerprint density at radius 2 is 2.38 bits per heavy atom. The second-order valence-electron chi connectivity index (χ2n) is 2.89. The summed E-state index contributed by atoms with van der Waals surface area (Å²) in [5.74, 6) is 0. The fraction of sp³-hybridized carbons (Fsp3) is 0.222. The third-order valence-electron chi connectivity index (χ3n) is 2.13. The minimum absolute atomic E-state index is 0.652. The molecule has 0 saturated heterocycles. The number of hydrogen-bond acceptors (Lipinski definition) is 1. The molecule has 0 amide bonds. The number of nitrogens with zero attached hydrogens (tertiary/aromatic N) is 2. The third-order valence-corrected chi connectivity index (χ3v) is 2.67. The molecule has 0 N–H and O–H groups in total. The molecule has 0 spiro atoms. The molecule has 0 unspecified atom stereocenters. The van der Waals surface area contributed by atoms with Crippen LogP contribution in [0.2, 0.25) is 0 Å². The Bertz CT molecular complexity index is 450. The van der Waals surface area contributed by atoms with Gasteiger partial charge in [0.2, 0.25) is 0 Å². The summed E-state index contributed by atoms with van der Waals surface area (Å²) in [4.78, 5) is 0. The van der Waals surface area contributed by atoms with Gasteiger partial charge >= 0.3 is 5.65 Å². The van der Waals surface area contributed by atoms with Gasteiger partial charge in [0.15, 0.2) is 16.1 Å². The monoisotopic (exact) mass is 240 g/mol. The second kappa shape index (κ2) is 3.03. The Hall–Kier alpha value is -1.03. The van der Waals surface area contributed by atoms with E-state index in [-0.39, 0.29) is 0 Å². The summed E-state index contributed by atoms with van der Waals surface area (Å²) in [5, 5.41) is 12.4. The smallest absolute Gasteiger partial charge is 0.303 e. The fourth-order valence-corrected chi connectivity index (χ4v) is 2.08. The average Bonchev–Trinajstić information content (AvgIpc) is 2.44. The summed E-state index contributed by atoms with van der Waals surface area (Å²) in [7, 11) is 0. The van der Waals surface area contributed by atoms with Crippen LogP contribution in [-0.4, -0.2) is 3.59 Å². The lowest BCUT2D eigenvalue weighted by Gasteiger charge is -2.01. The highest BCUT2D eigenvalue weighted by molar-refractivity contribution is 9.08. The number of aryl methyl sites for hydroxylation is 1. The summed E-state index contributed by atoms with van der Waals surface area (Å²) >= 11 is 3.31. The van der Waals surface area contributed by atoms with E-state index >= 15 is 0 Å². The van der Waals surface area contributed by atoms with Crippen LogP contribution >= 0.6 is 16.1 Å². The molecule has 2 rings (SSSR count). The maximum absolute atomic E-state index is 11.4. The predicted molar refractivity (Wildman–Crippen MR) is 54.6 cm³/mol. The Morgan fingerprint density at radius 3 is 3.08 bits per heavy atom. The van der Waals surface area contributed by atoms with Crippen molar-refractivity contribution in [3.05, 3.63) is 35.3 Å². The van der Waals surface area contributed by atoms with Gasteiger partial charge < -0.3 is 5.21 Å². The van der Waals surface area contributed by atoms with E-state index in [4.69, 9.17) is 0 Å². The zero-order chi connectivity index (χ0) is 9.42. The van der Waals surface area contributed by atoms with Crippen LogP contribution in [0.4, 0.5) is 0 Å². The Morgan fingerprint density at radius 1 is 1.62 bits per heavy atom. The van der Waals surface area contributed by atoms with Crippen molar-refractivity contribution in [2.75, 3.05) is 0 Å². The summed E-state index contributed by atoms with van der Waals surface area (Å²) in [6.07, 6.45) is 4.36. The molecule has 0 saturated carbocycles. The van der Waals surface area contributed by atoms with Crippen molar-refractivity contribution >= 4 is 27.2 Å². The standard InChI is InChI=1S/C9H9BrN2O/c1-2-7-6-11(10)9-8(7)4-3-5-12(9)13/h3-6H,2H2,1H3. The highest BCUT2D eigenvalue weighted by Gasteiger charge is 2.13. The van der Waals surface area contributed by atoms with Crippen molar-refractivity contribution in [2.24, 2.45) is 0 Å². The van der Waals surface area contributed by atoms with E-state index in [1.54, 1.807) is 9.66 Å². The molecule has 68 valence electrons. The minimum atomic E-state index is 0.652. The minimum Gasteiger partial charge on any atom is -0.711 e. The van der Waals surface area contributed by atoms with E-state index in [0.717, 1.165) is 16.5 Å². The summed E-state index contributed by atoms with van der Waals surface area (Å²) < 4.78 is 2.55. The highest BCUT2D eigenvalue weighted by Crippen LogP contribution is 2.19. The van der Waals surface area contributed by atoms with Crippen LogP contribution in [0.5, 0.6) is 0 Å². The molecule has 2 aromatic rings. The first-order valence-electron chi connectivity index (χ1n) is 4.12. The molecule has 0 aliphatic carbocycles. The van der Waals surface area contributed by atoms with Crippen LogP contribution in [0.15, 0.2) is 24.5 Å². The van der Waals surface area contributed by atoms with E-state index in [1.165, 1.54) is 11.8 Å². The van der Waals surface area contributed by atoms with Crippen molar-refractivity contribution in [1.82, 2.24) is 3.59 Å². The molecule has 0 radical (unpaired) electrons. The number of fused-ring (bicyclic) bond motifs is 1. The van der Waals surface area contributed by atoms with Gasteiger partial charge in [-0.05, 0) is 18.6 Å². The van der Waals surface area contributed by atoms with Crippen LogP contribution in [0.1, 0.15) is 12.5 Å². The number of pyridine rings is 1. The Labute approximate surface area is 84.5 Å². The van der Waals surface area contributed by atoms with Gasteiger partial charge in [0.1, 0.15) is 6.20 Å². The SMILES string of the molecule is CCc1cn(Br)c2c1ccc[n+]2[O-]. The zero-order valence-electron chi connectivity index (χ0n) is 7.20. The normalized spacial score (nSPS) is 10.9. The molecule has 0 aliphatic heterocycles. The predicted octanol–water partition coefficient (Wildman–Crippen LogP) is 2.00. The van der Waals surface area contributed by atoms with Crippen molar-refractivity contribution in [3.8, 4) is 0 Å². The van der Waals surface area contributed by atoms with Gasteiger partial charge in [0.05, 0.1) is 11.6 Å². The first kappa shape index (κ1) is 8.56. The highest BCUT2D eigenvalue weighted by atomic mass is 79.9. The van der Waals surface area contributed by atoms with Gasteiger partial charge in [-0.15, -0.1) is 0 Å². The molecular weight excluding hydrogens is 232 g/mol. The summed E-state index contributed by atoms with van der Waals surface area (Å²) in [6.45, 7) is 2.07. The van der Waals surface area contributed by atoms with Crippen LogP contribution in [0.25, 0.3) is 11.0 Å². The van der Waals surface area contributed by atoms with Crippen LogP contribution in [0, 0.1) is 5.21 Å². The van der Waals surface area contributed by atoms with E-state index < -0.39 is 0 Å². The number of hydrogen-bond donors (Lipinski definition) is 0. The molecule has 0 aromatic carbocycles. The molecule has 13 heavy (non-hydrogen) atoms. The molecular formula is C9H9BrN2O. The lowest BCUT2D eigenvalue weighted by Crippen LogP contribution is -2.26. The molecule has 0 aliphatic rings. The van der Waals surface area contributed by atoms with Crippen molar-refractivity contribution in [3.63, 3.8) is 0 Å².